The average Bonchev–Trinajstić information content (AvgIpc) is 2.06. The SMILES string of the molecule is CC(=O)O.O=CCc1ccccc1. The largest absolute Gasteiger partial charge is 0.481 e. The Kier molecular flexibility index (Phi) is 6.15. The summed E-state index contributed by atoms with van der Waals surface area (Å²) in [6.45, 7) is 1.08. The maximum absolute atomic E-state index is 9.97. The third-order valence-electron chi connectivity index (χ3n) is 1.16. The van der Waals surface area contributed by atoms with Crippen molar-refractivity contribution in [3.8, 4) is 0 Å². The monoisotopic (exact) mass is 180 g/mol. The lowest BCUT2D eigenvalue weighted by atomic mass is 10.2. The molecule has 1 aromatic rings. The number of carboxylic acids is 1. The lowest BCUT2D eigenvalue weighted by Gasteiger charge is -1.89. The van der Waals surface area contributed by atoms with E-state index in [-0.39, 0.29) is 0 Å². The molecule has 3 heteroatoms. The van der Waals surface area contributed by atoms with Crippen molar-refractivity contribution in [3.63, 3.8) is 0 Å². The van der Waals surface area contributed by atoms with Gasteiger partial charge in [-0.2, -0.15) is 0 Å². The Morgan fingerprint density at radius 1 is 1.38 bits per heavy atom. The van der Waals surface area contributed by atoms with E-state index < -0.39 is 5.97 Å². The summed E-state index contributed by atoms with van der Waals surface area (Å²) >= 11 is 0. The van der Waals surface area contributed by atoms with Crippen molar-refractivity contribution in [3.05, 3.63) is 35.9 Å². The van der Waals surface area contributed by atoms with Gasteiger partial charge in [0.05, 0.1) is 0 Å². The summed E-state index contributed by atoms with van der Waals surface area (Å²) in [5.41, 5.74) is 1.08. The van der Waals surface area contributed by atoms with Crippen molar-refractivity contribution < 1.29 is 14.7 Å². The van der Waals surface area contributed by atoms with Gasteiger partial charge in [-0.05, 0) is 5.56 Å². The van der Waals surface area contributed by atoms with Gasteiger partial charge in [0.15, 0.2) is 0 Å². The molecule has 0 radical (unpaired) electrons. The van der Waals surface area contributed by atoms with Crippen molar-refractivity contribution in [1.82, 2.24) is 0 Å². The molecule has 0 saturated carbocycles. The first-order valence-corrected chi connectivity index (χ1v) is 3.84. The van der Waals surface area contributed by atoms with E-state index in [0.717, 1.165) is 18.8 Å². The summed E-state index contributed by atoms with van der Waals surface area (Å²) in [7, 11) is 0. The van der Waals surface area contributed by atoms with Gasteiger partial charge >= 0.3 is 0 Å². The maximum atomic E-state index is 9.97. The number of aliphatic carboxylic acids is 1. The van der Waals surface area contributed by atoms with Crippen molar-refractivity contribution >= 4 is 12.3 Å². The molecule has 1 rings (SSSR count). The molecule has 1 aromatic carbocycles. The van der Waals surface area contributed by atoms with Crippen LogP contribution in [0.1, 0.15) is 12.5 Å². The van der Waals surface area contributed by atoms with Crippen LogP contribution >= 0.6 is 0 Å². The second kappa shape index (κ2) is 7.03. The molecule has 0 aliphatic rings. The second-order valence-electron chi connectivity index (χ2n) is 2.38. The van der Waals surface area contributed by atoms with Crippen LogP contribution < -0.4 is 0 Å². The molecule has 0 heterocycles. The molecule has 0 bridgehead atoms. The highest BCUT2D eigenvalue weighted by Gasteiger charge is 1.84. The normalized spacial score (nSPS) is 8.08. The van der Waals surface area contributed by atoms with Crippen molar-refractivity contribution in [2.24, 2.45) is 0 Å². The van der Waals surface area contributed by atoms with E-state index in [0.29, 0.717) is 6.42 Å². The van der Waals surface area contributed by atoms with Crippen LogP contribution in [0, 0.1) is 0 Å². The molecule has 13 heavy (non-hydrogen) atoms. The molecule has 3 nitrogen and oxygen atoms in total. The number of carbonyl (C=O) groups is 2. The summed E-state index contributed by atoms with van der Waals surface area (Å²) in [5.74, 6) is -0.833. The molecule has 0 spiro atoms. The zero-order chi connectivity index (χ0) is 10.1. The van der Waals surface area contributed by atoms with Crippen LogP contribution in [0.4, 0.5) is 0 Å². The summed E-state index contributed by atoms with van der Waals surface area (Å²) in [4.78, 5) is 19.0. The van der Waals surface area contributed by atoms with E-state index in [4.69, 9.17) is 9.90 Å². The van der Waals surface area contributed by atoms with Gasteiger partial charge in [0.2, 0.25) is 0 Å². The lowest BCUT2D eigenvalue weighted by Crippen LogP contribution is -1.82. The minimum Gasteiger partial charge on any atom is -0.481 e. The Bertz CT molecular complexity index is 250. The Hall–Kier alpha value is -1.64. The van der Waals surface area contributed by atoms with Crippen LogP contribution in [0.15, 0.2) is 30.3 Å². The van der Waals surface area contributed by atoms with Gasteiger partial charge in [-0.25, -0.2) is 0 Å². The van der Waals surface area contributed by atoms with Gasteiger partial charge in [-0.1, -0.05) is 30.3 Å². The van der Waals surface area contributed by atoms with Crippen LogP contribution in [-0.2, 0) is 16.0 Å². The molecule has 70 valence electrons. The van der Waals surface area contributed by atoms with Crippen LogP contribution in [0.25, 0.3) is 0 Å². The molecular formula is C10H12O3. The van der Waals surface area contributed by atoms with Gasteiger partial charge in [-0.3, -0.25) is 4.79 Å². The van der Waals surface area contributed by atoms with E-state index in [1.807, 2.05) is 30.3 Å². The average molecular weight is 180 g/mol. The Labute approximate surface area is 77.0 Å². The van der Waals surface area contributed by atoms with E-state index >= 15 is 0 Å². The number of benzene rings is 1. The third-order valence-corrected chi connectivity index (χ3v) is 1.16. The van der Waals surface area contributed by atoms with Crippen molar-refractivity contribution in [1.29, 1.82) is 0 Å². The summed E-state index contributed by atoms with van der Waals surface area (Å²) in [5, 5.41) is 7.42. The molecule has 0 aliphatic carbocycles. The molecule has 0 atom stereocenters. The van der Waals surface area contributed by atoms with Gasteiger partial charge in [0.25, 0.3) is 5.97 Å². The van der Waals surface area contributed by atoms with Gasteiger partial charge in [-0.15, -0.1) is 0 Å². The van der Waals surface area contributed by atoms with E-state index in [2.05, 4.69) is 0 Å². The standard InChI is InChI=1S/C8H8O.C2H4O2/c9-7-6-8-4-2-1-3-5-8;1-2(3)4/h1-5,7H,6H2;1H3,(H,3,4). The predicted molar refractivity (Wildman–Crippen MR) is 49.5 cm³/mol. The van der Waals surface area contributed by atoms with Crippen LogP contribution in [0.2, 0.25) is 0 Å². The van der Waals surface area contributed by atoms with E-state index in [1.54, 1.807) is 0 Å². The molecule has 0 saturated heterocycles. The highest BCUT2D eigenvalue weighted by molar-refractivity contribution is 5.62. The Morgan fingerprint density at radius 2 is 1.85 bits per heavy atom. The Morgan fingerprint density at radius 3 is 2.23 bits per heavy atom. The van der Waals surface area contributed by atoms with Crippen LogP contribution in [-0.4, -0.2) is 17.4 Å². The summed E-state index contributed by atoms with van der Waals surface area (Å²) in [6, 6.07) is 9.68. The molecule has 0 aliphatic heterocycles. The predicted octanol–water partition coefficient (Wildman–Crippen LogP) is 1.52. The highest BCUT2D eigenvalue weighted by Crippen LogP contribution is 1.96. The first kappa shape index (κ1) is 11.4. The van der Waals surface area contributed by atoms with Gasteiger partial charge < -0.3 is 9.90 Å². The fourth-order valence-corrected chi connectivity index (χ4v) is 0.710. The number of carboxylic acid groups (broad SMARTS) is 1. The molecule has 0 aromatic heterocycles. The van der Waals surface area contributed by atoms with E-state index in [9.17, 15) is 4.79 Å². The van der Waals surface area contributed by atoms with Gasteiger partial charge in [0, 0.05) is 13.3 Å². The fourth-order valence-electron chi connectivity index (χ4n) is 0.710. The second-order valence-corrected chi connectivity index (χ2v) is 2.38. The number of hydrogen-bond donors (Lipinski definition) is 1. The number of aldehydes is 1. The molecule has 0 amide bonds. The topological polar surface area (TPSA) is 54.4 Å². The highest BCUT2D eigenvalue weighted by atomic mass is 16.4. The first-order valence-electron chi connectivity index (χ1n) is 3.84. The smallest absolute Gasteiger partial charge is 0.300 e. The van der Waals surface area contributed by atoms with E-state index in [1.165, 1.54) is 0 Å². The number of hydrogen-bond acceptors (Lipinski definition) is 2. The molecular weight excluding hydrogens is 168 g/mol. The Balaban J connectivity index is 0.000000310. The summed E-state index contributed by atoms with van der Waals surface area (Å²) < 4.78 is 0. The quantitative estimate of drug-likeness (QED) is 0.702. The minimum atomic E-state index is -0.833. The molecule has 0 unspecified atom stereocenters. The fraction of sp³-hybridized carbons (Fsp3) is 0.200. The zero-order valence-corrected chi connectivity index (χ0v) is 7.43. The number of rotatable bonds is 2. The minimum absolute atomic E-state index is 0.529. The first-order chi connectivity index (χ1) is 6.16. The maximum Gasteiger partial charge on any atom is 0.300 e. The molecule has 0 fully saturated rings. The van der Waals surface area contributed by atoms with Crippen molar-refractivity contribution in [2.45, 2.75) is 13.3 Å². The van der Waals surface area contributed by atoms with Crippen LogP contribution in [0.5, 0.6) is 0 Å². The lowest BCUT2D eigenvalue weighted by molar-refractivity contribution is -0.134. The third kappa shape index (κ3) is 8.26. The van der Waals surface area contributed by atoms with Crippen LogP contribution in [0.3, 0.4) is 0 Å². The summed E-state index contributed by atoms with van der Waals surface area (Å²) in [6.07, 6.45) is 1.44. The number of carbonyl (C=O) groups excluding carboxylic acids is 1. The van der Waals surface area contributed by atoms with Crippen molar-refractivity contribution in [2.75, 3.05) is 0 Å². The zero-order valence-electron chi connectivity index (χ0n) is 7.43. The molecule has 1 N–H and O–H groups in total. The van der Waals surface area contributed by atoms with Gasteiger partial charge in [0.1, 0.15) is 6.29 Å².